The Morgan fingerprint density at radius 2 is 2.00 bits per heavy atom. The number of morpholine rings is 1. The summed E-state index contributed by atoms with van der Waals surface area (Å²) >= 11 is 1.87. The Labute approximate surface area is 183 Å². The third-order valence-electron chi connectivity index (χ3n) is 5.46. The van der Waals surface area contributed by atoms with Crippen LogP contribution in [0.15, 0.2) is 29.5 Å². The Hall–Kier alpha value is -1.94. The molecule has 2 atom stereocenters. The average molecular weight is 434 g/mol. The van der Waals surface area contributed by atoms with Gasteiger partial charge in [0.1, 0.15) is 0 Å². The van der Waals surface area contributed by atoms with Crippen molar-refractivity contribution in [3.8, 4) is 0 Å². The molecule has 2 aromatic rings. The first-order valence-corrected chi connectivity index (χ1v) is 11.3. The van der Waals surface area contributed by atoms with Crippen molar-refractivity contribution in [1.29, 1.82) is 0 Å². The molecule has 9 heteroatoms. The average Bonchev–Trinajstić information content (AvgIpc) is 3.35. The van der Waals surface area contributed by atoms with Crippen LogP contribution in [0.3, 0.4) is 0 Å². The molecule has 166 valence electrons. The molecule has 8 nitrogen and oxygen atoms in total. The van der Waals surface area contributed by atoms with E-state index in [1.807, 2.05) is 36.3 Å². The van der Waals surface area contributed by atoms with E-state index in [4.69, 9.17) is 4.74 Å². The van der Waals surface area contributed by atoms with Crippen molar-refractivity contribution in [3.63, 3.8) is 0 Å². The molecule has 0 saturated carbocycles. The van der Waals surface area contributed by atoms with E-state index in [0.29, 0.717) is 6.04 Å². The van der Waals surface area contributed by atoms with Crippen LogP contribution in [0.2, 0.25) is 0 Å². The number of aliphatic imine (C=N–C) groups is 1. The van der Waals surface area contributed by atoms with Crippen LogP contribution in [-0.2, 0) is 11.8 Å². The van der Waals surface area contributed by atoms with E-state index in [1.165, 1.54) is 15.3 Å². The van der Waals surface area contributed by atoms with Crippen molar-refractivity contribution >= 4 is 17.3 Å². The summed E-state index contributed by atoms with van der Waals surface area (Å²) in [5.41, 5.74) is 1.19. The molecule has 1 fully saturated rings. The third kappa shape index (κ3) is 6.04. The zero-order valence-electron chi connectivity index (χ0n) is 18.8. The summed E-state index contributed by atoms with van der Waals surface area (Å²) in [4.78, 5) is 11.9. The summed E-state index contributed by atoms with van der Waals surface area (Å²) < 4.78 is 7.40. The van der Waals surface area contributed by atoms with Gasteiger partial charge in [-0.25, -0.2) is 0 Å². The molecule has 30 heavy (non-hydrogen) atoms. The quantitative estimate of drug-likeness (QED) is 0.487. The van der Waals surface area contributed by atoms with Gasteiger partial charge >= 0.3 is 0 Å². The van der Waals surface area contributed by atoms with Gasteiger partial charge in [0.2, 0.25) is 0 Å². The molecule has 0 aromatic carbocycles. The zero-order valence-corrected chi connectivity index (χ0v) is 19.6. The summed E-state index contributed by atoms with van der Waals surface area (Å²) in [6, 6.07) is 4.99. The molecule has 0 radical (unpaired) electrons. The van der Waals surface area contributed by atoms with Crippen molar-refractivity contribution in [2.24, 2.45) is 12.0 Å². The van der Waals surface area contributed by atoms with Crippen LogP contribution in [0, 0.1) is 6.92 Å². The first-order valence-electron chi connectivity index (χ1n) is 10.5. The molecule has 0 aliphatic carbocycles. The first kappa shape index (κ1) is 22.7. The Morgan fingerprint density at radius 3 is 2.57 bits per heavy atom. The number of aryl methyl sites for hydroxylation is 2. The Kier molecular flexibility index (Phi) is 8.26. The van der Waals surface area contributed by atoms with Crippen LogP contribution in [0.5, 0.6) is 0 Å². The van der Waals surface area contributed by atoms with E-state index in [1.54, 1.807) is 0 Å². The number of guanidine groups is 1. The lowest BCUT2D eigenvalue weighted by atomic mass is 10.1. The predicted molar refractivity (Wildman–Crippen MR) is 123 cm³/mol. The second kappa shape index (κ2) is 10.9. The van der Waals surface area contributed by atoms with E-state index < -0.39 is 0 Å². The second-order valence-electron chi connectivity index (χ2n) is 7.87. The van der Waals surface area contributed by atoms with Gasteiger partial charge in [0.15, 0.2) is 5.96 Å². The number of rotatable bonds is 8. The van der Waals surface area contributed by atoms with Crippen LogP contribution in [0.25, 0.3) is 0 Å². The maximum Gasteiger partial charge on any atom is 0.191 e. The van der Waals surface area contributed by atoms with E-state index in [2.05, 4.69) is 69.9 Å². The lowest BCUT2D eigenvalue weighted by Gasteiger charge is -2.34. The second-order valence-corrected chi connectivity index (χ2v) is 9.19. The summed E-state index contributed by atoms with van der Waals surface area (Å²) in [6.07, 6.45) is 3.99. The molecule has 2 aromatic heterocycles. The van der Waals surface area contributed by atoms with Gasteiger partial charge in [0.05, 0.1) is 31.5 Å². The van der Waals surface area contributed by atoms with Crippen LogP contribution < -0.4 is 10.6 Å². The molecule has 1 saturated heterocycles. The SMILES string of the molecule is CN=C(NCC(c1cnn(C)c1)N(C)C)NCC(c1ccc(C)s1)N1CCOCC1. The molecule has 1 aliphatic rings. The van der Waals surface area contributed by atoms with Gasteiger partial charge in [-0.2, -0.15) is 5.10 Å². The highest BCUT2D eigenvalue weighted by Gasteiger charge is 2.24. The molecule has 2 N–H and O–H groups in total. The van der Waals surface area contributed by atoms with Crippen molar-refractivity contribution in [2.75, 3.05) is 60.5 Å². The van der Waals surface area contributed by atoms with E-state index in [0.717, 1.165) is 45.4 Å². The predicted octanol–water partition coefficient (Wildman–Crippen LogP) is 1.63. The fourth-order valence-electron chi connectivity index (χ4n) is 3.75. The number of aromatic nitrogens is 2. The topological polar surface area (TPSA) is 70.0 Å². The van der Waals surface area contributed by atoms with Gasteiger partial charge in [-0.15, -0.1) is 11.3 Å². The summed E-state index contributed by atoms with van der Waals surface area (Å²) in [6.45, 7) is 7.22. The third-order valence-corrected chi connectivity index (χ3v) is 6.56. The number of thiophene rings is 1. The lowest BCUT2D eigenvalue weighted by molar-refractivity contribution is 0.0177. The van der Waals surface area contributed by atoms with Crippen LogP contribution in [-0.4, -0.2) is 86.1 Å². The van der Waals surface area contributed by atoms with Gasteiger partial charge in [-0.3, -0.25) is 14.6 Å². The lowest BCUT2D eigenvalue weighted by Crippen LogP contribution is -2.47. The van der Waals surface area contributed by atoms with E-state index >= 15 is 0 Å². The standard InChI is InChI=1S/C21H35N7OS/c1-16-6-7-20(30-16)19(28-8-10-29-11-9-28)14-24-21(22-2)23-13-18(26(3)4)17-12-25-27(5)15-17/h6-7,12,15,18-19H,8-11,13-14H2,1-5H3,(H2,22,23,24). The zero-order chi connectivity index (χ0) is 21.5. The summed E-state index contributed by atoms with van der Waals surface area (Å²) in [5.74, 6) is 0.817. The minimum atomic E-state index is 0.215. The maximum absolute atomic E-state index is 5.56. The molecular weight excluding hydrogens is 398 g/mol. The van der Waals surface area contributed by atoms with Crippen molar-refractivity contribution in [2.45, 2.75) is 19.0 Å². The highest BCUT2D eigenvalue weighted by Crippen LogP contribution is 2.28. The summed E-state index contributed by atoms with van der Waals surface area (Å²) in [5, 5.41) is 11.4. The number of hydrogen-bond donors (Lipinski definition) is 2. The monoisotopic (exact) mass is 433 g/mol. The molecule has 3 heterocycles. The number of hydrogen-bond acceptors (Lipinski definition) is 6. The van der Waals surface area contributed by atoms with Gasteiger partial charge in [0, 0.05) is 61.8 Å². The molecule has 2 unspecified atom stereocenters. The molecule has 0 spiro atoms. The first-order chi connectivity index (χ1) is 14.5. The molecule has 1 aliphatic heterocycles. The highest BCUT2D eigenvalue weighted by atomic mass is 32.1. The number of nitrogens with zero attached hydrogens (tertiary/aromatic N) is 5. The summed E-state index contributed by atoms with van der Waals surface area (Å²) in [7, 11) is 7.94. The van der Waals surface area contributed by atoms with Crippen LogP contribution >= 0.6 is 11.3 Å². The van der Waals surface area contributed by atoms with E-state index in [-0.39, 0.29) is 6.04 Å². The molecular formula is C21H35N7OS. The molecule has 0 bridgehead atoms. The Balaban J connectivity index is 1.61. The van der Waals surface area contributed by atoms with Gasteiger partial charge in [-0.05, 0) is 33.2 Å². The van der Waals surface area contributed by atoms with Crippen molar-refractivity contribution in [1.82, 2.24) is 30.2 Å². The number of nitrogens with one attached hydrogen (secondary N) is 2. The smallest absolute Gasteiger partial charge is 0.191 e. The number of likely N-dealkylation sites (N-methyl/N-ethyl adjacent to an activating group) is 1. The van der Waals surface area contributed by atoms with Crippen molar-refractivity contribution in [3.05, 3.63) is 39.8 Å². The van der Waals surface area contributed by atoms with E-state index in [9.17, 15) is 0 Å². The minimum absolute atomic E-state index is 0.215. The highest BCUT2D eigenvalue weighted by molar-refractivity contribution is 7.12. The fourth-order valence-corrected chi connectivity index (χ4v) is 4.76. The maximum atomic E-state index is 5.56. The van der Waals surface area contributed by atoms with Gasteiger partial charge < -0.3 is 20.3 Å². The normalized spacial score (nSPS) is 17.9. The van der Waals surface area contributed by atoms with Crippen molar-refractivity contribution < 1.29 is 4.74 Å². The van der Waals surface area contributed by atoms with Gasteiger partial charge in [-0.1, -0.05) is 0 Å². The van der Waals surface area contributed by atoms with Crippen LogP contribution in [0.4, 0.5) is 0 Å². The minimum Gasteiger partial charge on any atom is -0.379 e. The Bertz CT molecular complexity index is 810. The fraction of sp³-hybridized carbons (Fsp3) is 0.619. The molecule has 3 rings (SSSR count). The number of ether oxygens (including phenoxy) is 1. The molecule has 0 amide bonds. The largest absolute Gasteiger partial charge is 0.379 e. The van der Waals surface area contributed by atoms with Crippen LogP contribution in [0.1, 0.15) is 27.4 Å². The van der Waals surface area contributed by atoms with Gasteiger partial charge in [0.25, 0.3) is 0 Å². The Morgan fingerprint density at radius 1 is 1.27 bits per heavy atom.